The molecule has 1 saturated heterocycles. The lowest BCUT2D eigenvalue weighted by atomic mass is 9.70. The number of carbonyl (C=O) groups excluding carboxylic acids is 1. The summed E-state index contributed by atoms with van der Waals surface area (Å²) in [5.74, 6) is -3.68. The Balaban J connectivity index is 2.23. The second kappa shape index (κ2) is 5.11. The highest BCUT2D eigenvalue weighted by Crippen LogP contribution is 2.50. The molecule has 0 radical (unpaired) electrons. The van der Waals surface area contributed by atoms with Gasteiger partial charge in [0.05, 0.1) is 7.11 Å². The lowest BCUT2D eigenvalue weighted by Crippen LogP contribution is -2.55. The maximum absolute atomic E-state index is 14.2. The fourth-order valence-electron chi connectivity index (χ4n) is 3.26. The zero-order chi connectivity index (χ0) is 13.2. The van der Waals surface area contributed by atoms with Gasteiger partial charge in [0, 0.05) is 6.61 Å². The topological polar surface area (TPSA) is 35.5 Å². The molecule has 0 aromatic heterocycles. The number of rotatable bonds is 3. The Morgan fingerprint density at radius 2 is 2.06 bits per heavy atom. The molecule has 5 heteroatoms. The molecule has 2 aliphatic rings. The minimum atomic E-state index is -3.12. The van der Waals surface area contributed by atoms with E-state index in [4.69, 9.17) is 4.74 Å². The van der Waals surface area contributed by atoms with E-state index in [9.17, 15) is 13.6 Å². The number of alkyl halides is 2. The van der Waals surface area contributed by atoms with Crippen molar-refractivity contribution in [3.8, 4) is 0 Å². The Hall–Kier alpha value is -0.710. The van der Waals surface area contributed by atoms with E-state index in [2.05, 4.69) is 4.74 Å². The monoisotopic (exact) mass is 262 g/mol. The van der Waals surface area contributed by atoms with Gasteiger partial charge in [-0.05, 0) is 18.8 Å². The molecule has 2 fully saturated rings. The fraction of sp³-hybridized carbons (Fsp3) is 0.923. The van der Waals surface area contributed by atoms with Crippen molar-refractivity contribution in [2.45, 2.75) is 44.4 Å². The van der Waals surface area contributed by atoms with Gasteiger partial charge in [0.25, 0.3) is 5.92 Å². The smallest absolute Gasteiger partial charge is 0.318 e. The van der Waals surface area contributed by atoms with Crippen molar-refractivity contribution in [2.24, 2.45) is 11.3 Å². The maximum Gasteiger partial charge on any atom is 0.318 e. The van der Waals surface area contributed by atoms with Crippen LogP contribution in [0, 0.1) is 11.3 Å². The van der Waals surface area contributed by atoms with Gasteiger partial charge >= 0.3 is 5.97 Å². The number of hydrogen-bond donors (Lipinski definition) is 0. The van der Waals surface area contributed by atoms with Crippen LogP contribution in [0.25, 0.3) is 0 Å². The number of ether oxygens (including phenoxy) is 2. The molecule has 1 unspecified atom stereocenters. The van der Waals surface area contributed by atoms with Crippen LogP contribution >= 0.6 is 0 Å². The third kappa shape index (κ3) is 2.25. The summed E-state index contributed by atoms with van der Waals surface area (Å²) in [7, 11) is 1.18. The van der Waals surface area contributed by atoms with Crippen molar-refractivity contribution in [2.75, 3.05) is 20.3 Å². The first-order chi connectivity index (χ1) is 8.52. The molecular formula is C13H20F2O3. The molecule has 0 aromatic rings. The summed E-state index contributed by atoms with van der Waals surface area (Å²) in [6.45, 7) is -0.466. The van der Waals surface area contributed by atoms with Crippen LogP contribution in [0.1, 0.15) is 38.5 Å². The van der Waals surface area contributed by atoms with E-state index in [0.29, 0.717) is 0 Å². The van der Waals surface area contributed by atoms with E-state index in [1.807, 2.05) is 0 Å². The fourth-order valence-corrected chi connectivity index (χ4v) is 3.26. The molecule has 2 rings (SSSR count). The molecule has 0 bridgehead atoms. The molecule has 1 atom stereocenters. The van der Waals surface area contributed by atoms with E-state index in [-0.39, 0.29) is 25.4 Å². The summed E-state index contributed by atoms with van der Waals surface area (Å²) in [5, 5.41) is 0. The highest BCUT2D eigenvalue weighted by atomic mass is 19.3. The van der Waals surface area contributed by atoms with Gasteiger partial charge in [-0.2, -0.15) is 0 Å². The molecule has 18 heavy (non-hydrogen) atoms. The predicted molar refractivity (Wildman–Crippen MR) is 61.4 cm³/mol. The number of methoxy groups -OCH3 is 1. The summed E-state index contributed by atoms with van der Waals surface area (Å²) < 4.78 is 37.9. The minimum absolute atomic E-state index is 0.0587. The van der Waals surface area contributed by atoms with Crippen molar-refractivity contribution in [1.29, 1.82) is 0 Å². The summed E-state index contributed by atoms with van der Waals surface area (Å²) in [6, 6.07) is 0. The molecule has 0 amide bonds. The van der Waals surface area contributed by atoms with Gasteiger partial charge in [-0.3, -0.25) is 4.79 Å². The second-order valence-corrected chi connectivity index (χ2v) is 5.44. The molecule has 3 nitrogen and oxygen atoms in total. The first-order valence-corrected chi connectivity index (χ1v) is 6.56. The van der Waals surface area contributed by atoms with Crippen molar-refractivity contribution in [3.63, 3.8) is 0 Å². The van der Waals surface area contributed by atoms with Gasteiger partial charge in [-0.1, -0.05) is 25.7 Å². The minimum Gasteiger partial charge on any atom is -0.468 e. The van der Waals surface area contributed by atoms with E-state index < -0.39 is 23.9 Å². The molecule has 1 saturated carbocycles. The van der Waals surface area contributed by atoms with E-state index in [1.165, 1.54) is 7.11 Å². The molecule has 0 N–H and O–H groups in total. The average Bonchev–Trinajstić information content (AvgIpc) is 2.83. The normalized spacial score (nSPS) is 32.4. The van der Waals surface area contributed by atoms with Crippen LogP contribution in [0.4, 0.5) is 8.78 Å². The van der Waals surface area contributed by atoms with Gasteiger partial charge in [0.15, 0.2) is 0 Å². The van der Waals surface area contributed by atoms with Gasteiger partial charge in [-0.15, -0.1) is 0 Å². The second-order valence-electron chi connectivity index (χ2n) is 5.44. The third-order valence-electron chi connectivity index (χ3n) is 4.34. The highest BCUT2D eigenvalue weighted by Gasteiger charge is 2.62. The van der Waals surface area contributed by atoms with Crippen molar-refractivity contribution < 1.29 is 23.0 Å². The average molecular weight is 262 g/mol. The predicted octanol–water partition coefficient (Wildman–Crippen LogP) is 2.78. The molecule has 1 aliphatic carbocycles. The Morgan fingerprint density at radius 3 is 2.61 bits per heavy atom. The van der Waals surface area contributed by atoms with Crippen LogP contribution in [0.3, 0.4) is 0 Å². The van der Waals surface area contributed by atoms with E-state index >= 15 is 0 Å². The molecular weight excluding hydrogens is 242 g/mol. The summed E-state index contributed by atoms with van der Waals surface area (Å²) in [4.78, 5) is 11.9. The maximum atomic E-state index is 14.2. The van der Waals surface area contributed by atoms with E-state index in [0.717, 1.165) is 25.7 Å². The first kappa shape index (κ1) is 13.7. The number of halogens is 2. The van der Waals surface area contributed by atoms with Crippen LogP contribution in [-0.4, -0.2) is 32.2 Å². The largest absolute Gasteiger partial charge is 0.468 e. The quantitative estimate of drug-likeness (QED) is 0.734. The number of esters is 1. The van der Waals surface area contributed by atoms with Crippen molar-refractivity contribution >= 4 is 5.97 Å². The van der Waals surface area contributed by atoms with Crippen molar-refractivity contribution in [3.05, 3.63) is 0 Å². The molecule has 0 aromatic carbocycles. The van der Waals surface area contributed by atoms with Gasteiger partial charge in [-0.25, -0.2) is 8.78 Å². The lowest BCUT2D eigenvalue weighted by Gasteiger charge is -2.42. The Kier molecular flexibility index (Phi) is 3.90. The standard InChI is InChI=1S/C13H20F2O3/c1-17-11(16)12(8-10-4-2-3-5-10)6-7-18-9-13(12,14)15/h10H,2-9H2,1H3. The zero-order valence-corrected chi connectivity index (χ0v) is 10.7. The number of carbonyl (C=O) groups is 1. The highest BCUT2D eigenvalue weighted by molar-refractivity contribution is 5.78. The summed E-state index contributed by atoms with van der Waals surface area (Å²) in [5.41, 5.74) is -1.67. The molecule has 0 spiro atoms. The Labute approximate surface area is 106 Å². The van der Waals surface area contributed by atoms with Crippen LogP contribution < -0.4 is 0 Å². The third-order valence-corrected chi connectivity index (χ3v) is 4.34. The van der Waals surface area contributed by atoms with Gasteiger partial charge < -0.3 is 9.47 Å². The summed E-state index contributed by atoms with van der Waals surface area (Å²) in [6.07, 6.45) is 4.32. The molecule has 104 valence electrons. The Morgan fingerprint density at radius 1 is 1.39 bits per heavy atom. The molecule has 1 heterocycles. The first-order valence-electron chi connectivity index (χ1n) is 6.56. The van der Waals surface area contributed by atoms with Gasteiger partial charge in [0.2, 0.25) is 0 Å². The zero-order valence-electron chi connectivity index (χ0n) is 10.7. The van der Waals surface area contributed by atoms with Gasteiger partial charge in [0.1, 0.15) is 12.0 Å². The Bertz CT molecular complexity index is 313. The SMILES string of the molecule is COC(=O)C1(CC2CCCC2)CCOCC1(F)F. The summed E-state index contributed by atoms with van der Waals surface area (Å²) >= 11 is 0. The van der Waals surface area contributed by atoms with Crippen LogP contribution in [-0.2, 0) is 14.3 Å². The van der Waals surface area contributed by atoms with Crippen LogP contribution in [0.15, 0.2) is 0 Å². The van der Waals surface area contributed by atoms with Crippen molar-refractivity contribution in [1.82, 2.24) is 0 Å². The van der Waals surface area contributed by atoms with Crippen LogP contribution in [0.5, 0.6) is 0 Å². The van der Waals surface area contributed by atoms with Crippen LogP contribution in [0.2, 0.25) is 0 Å². The molecule has 1 aliphatic heterocycles. The number of hydrogen-bond acceptors (Lipinski definition) is 3. The van der Waals surface area contributed by atoms with E-state index in [1.54, 1.807) is 0 Å². The lowest BCUT2D eigenvalue weighted by molar-refractivity contribution is -0.225.